The van der Waals surface area contributed by atoms with Gasteiger partial charge in [0.05, 0.1) is 5.56 Å². The summed E-state index contributed by atoms with van der Waals surface area (Å²) in [5.41, 5.74) is 0.961. The van der Waals surface area contributed by atoms with E-state index in [9.17, 15) is 4.79 Å². The van der Waals surface area contributed by atoms with Gasteiger partial charge < -0.3 is 15.5 Å². The first kappa shape index (κ1) is 16.2. The van der Waals surface area contributed by atoms with Crippen molar-refractivity contribution < 1.29 is 4.79 Å². The number of carbonyl (C=O) groups excluding carboxylic acids is 1. The van der Waals surface area contributed by atoms with Crippen molar-refractivity contribution in [2.75, 3.05) is 31.1 Å². The van der Waals surface area contributed by atoms with Crippen LogP contribution >= 0.6 is 0 Å². The number of nitrogens with zero attached hydrogens (tertiary/aromatic N) is 2. The molecule has 2 heterocycles. The molecule has 126 valence electrons. The van der Waals surface area contributed by atoms with Gasteiger partial charge in [0.15, 0.2) is 0 Å². The third kappa shape index (κ3) is 3.20. The third-order valence-corrected chi connectivity index (χ3v) is 5.20. The van der Waals surface area contributed by atoms with Crippen LogP contribution in [0.4, 0.5) is 5.82 Å². The molecular formula is C18H28N4O. The average molecular weight is 316 g/mol. The molecule has 1 amide bonds. The van der Waals surface area contributed by atoms with Crippen molar-refractivity contribution in [2.24, 2.45) is 10.8 Å². The van der Waals surface area contributed by atoms with Crippen molar-refractivity contribution in [3.63, 3.8) is 0 Å². The Morgan fingerprint density at radius 2 is 1.87 bits per heavy atom. The summed E-state index contributed by atoms with van der Waals surface area (Å²) in [5, 5.41) is 6.54. The summed E-state index contributed by atoms with van der Waals surface area (Å²) in [4.78, 5) is 19.3. The lowest BCUT2D eigenvalue weighted by Crippen LogP contribution is -2.63. The maximum absolute atomic E-state index is 12.5. The highest BCUT2D eigenvalue weighted by Gasteiger charge is 2.53. The van der Waals surface area contributed by atoms with Gasteiger partial charge in [0, 0.05) is 38.4 Å². The third-order valence-electron chi connectivity index (χ3n) is 5.20. The van der Waals surface area contributed by atoms with Crippen LogP contribution in [0.1, 0.15) is 44.5 Å². The molecule has 1 aliphatic carbocycles. The Morgan fingerprint density at radius 1 is 1.22 bits per heavy atom. The molecule has 23 heavy (non-hydrogen) atoms. The second-order valence-electron chi connectivity index (χ2n) is 8.20. The second-order valence-corrected chi connectivity index (χ2v) is 8.20. The largest absolute Gasteiger partial charge is 0.354 e. The highest BCUT2D eigenvalue weighted by molar-refractivity contribution is 5.94. The van der Waals surface area contributed by atoms with Crippen LogP contribution in [-0.4, -0.2) is 43.1 Å². The summed E-state index contributed by atoms with van der Waals surface area (Å²) in [6, 6.07) is 4.05. The molecule has 2 aliphatic rings. The van der Waals surface area contributed by atoms with Gasteiger partial charge in [-0.2, -0.15) is 0 Å². The number of anilines is 1. The van der Waals surface area contributed by atoms with Gasteiger partial charge in [-0.1, -0.05) is 27.7 Å². The van der Waals surface area contributed by atoms with Crippen LogP contribution in [0.2, 0.25) is 0 Å². The molecule has 0 unspecified atom stereocenters. The Bertz CT molecular complexity index is 559. The number of rotatable bonds is 3. The van der Waals surface area contributed by atoms with Crippen LogP contribution in [0.3, 0.4) is 0 Å². The van der Waals surface area contributed by atoms with E-state index in [1.807, 2.05) is 12.1 Å². The number of hydrogen-bond donors (Lipinski definition) is 2. The molecule has 3 rings (SSSR count). The first-order valence-electron chi connectivity index (χ1n) is 8.52. The van der Waals surface area contributed by atoms with Crippen LogP contribution in [0.5, 0.6) is 0 Å². The first-order valence-corrected chi connectivity index (χ1v) is 8.52. The molecule has 1 aromatic rings. The predicted octanol–water partition coefficient (Wildman–Crippen LogP) is 2.05. The molecule has 1 aliphatic heterocycles. The molecule has 1 saturated heterocycles. The number of nitrogens with one attached hydrogen (secondary N) is 2. The van der Waals surface area contributed by atoms with Gasteiger partial charge in [-0.3, -0.25) is 4.79 Å². The van der Waals surface area contributed by atoms with Crippen molar-refractivity contribution in [2.45, 2.75) is 40.2 Å². The smallest absolute Gasteiger partial charge is 0.253 e. The van der Waals surface area contributed by atoms with E-state index in [2.05, 4.69) is 48.2 Å². The van der Waals surface area contributed by atoms with Gasteiger partial charge in [-0.25, -0.2) is 4.98 Å². The van der Waals surface area contributed by atoms with Crippen molar-refractivity contribution in [1.29, 1.82) is 0 Å². The van der Waals surface area contributed by atoms with Gasteiger partial charge in [-0.15, -0.1) is 0 Å². The number of hydrogen-bond acceptors (Lipinski definition) is 4. The number of piperazine rings is 1. The first-order chi connectivity index (χ1) is 10.8. The van der Waals surface area contributed by atoms with Gasteiger partial charge in [0.2, 0.25) is 0 Å². The number of amides is 1. The second kappa shape index (κ2) is 5.78. The van der Waals surface area contributed by atoms with Gasteiger partial charge in [0.1, 0.15) is 5.82 Å². The molecule has 0 bridgehead atoms. The standard InChI is InChI=1S/C18H28N4O/c1-17(2)12-18(3,4)16(17)21-15(23)13-5-6-14(20-11-13)22-9-7-19-8-10-22/h5-6,11,16,19H,7-10,12H2,1-4H3,(H,21,23). The molecule has 5 nitrogen and oxygen atoms in total. The molecule has 0 aromatic carbocycles. The van der Waals surface area contributed by atoms with Crippen LogP contribution in [0.25, 0.3) is 0 Å². The predicted molar refractivity (Wildman–Crippen MR) is 92.8 cm³/mol. The summed E-state index contributed by atoms with van der Waals surface area (Å²) < 4.78 is 0. The van der Waals surface area contributed by atoms with Crippen LogP contribution in [0.15, 0.2) is 18.3 Å². The molecule has 0 radical (unpaired) electrons. The average Bonchev–Trinajstić information content (AvgIpc) is 2.52. The Morgan fingerprint density at radius 3 is 2.39 bits per heavy atom. The maximum Gasteiger partial charge on any atom is 0.253 e. The fourth-order valence-corrected chi connectivity index (χ4v) is 4.51. The lowest BCUT2D eigenvalue weighted by atomic mass is 9.52. The zero-order valence-corrected chi connectivity index (χ0v) is 14.6. The molecule has 5 heteroatoms. The summed E-state index contributed by atoms with van der Waals surface area (Å²) in [5.74, 6) is 0.933. The number of pyridine rings is 1. The Kier molecular flexibility index (Phi) is 4.08. The van der Waals surface area contributed by atoms with E-state index in [1.54, 1.807) is 6.20 Å². The van der Waals surface area contributed by atoms with Crippen molar-refractivity contribution in [1.82, 2.24) is 15.6 Å². The van der Waals surface area contributed by atoms with Crippen LogP contribution in [-0.2, 0) is 0 Å². The molecule has 2 fully saturated rings. The SMILES string of the molecule is CC1(C)CC(C)(C)C1NC(=O)c1ccc(N2CCNCC2)nc1. The lowest BCUT2D eigenvalue weighted by molar-refractivity contribution is -0.0366. The summed E-state index contributed by atoms with van der Waals surface area (Å²) >= 11 is 0. The Balaban J connectivity index is 1.66. The Hall–Kier alpha value is -1.62. The monoisotopic (exact) mass is 316 g/mol. The van der Waals surface area contributed by atoms with Gasteiger partial charge in [-0.05, 0) is 29.4 Å². The topological polar surface area (TPSA) is 57.3 Å². The Labute approximate surface area is 138 Å². The maximum atomic E-state index is 12.5. The minimum atomic E-state index is -0.0183. The van der Waals surface area contributed by atoms with E-state index < -0.39 is 0 Å². The quantitative estimate of drug-likeness (QED) is 0.896. The zero-order chi connectivity index (χ0) is 16.7. The number of carbonyl (C=O) groups is 1. The highest BCUT2D eigenvalue weighted by atomic mass is 16.1. The minimum absolute atomic E-state index is 0.0183. The van der Waals surface area contributed by atoms with E-state index in [-0.39, 0.29) is 22.8 Å². The van der Waals surface area contributed by atoms with Crippen molar-refractivity contribution in [3.8, 4) is 0 Å². The highest BCUT2D eigenvalue weighted by Crippen LogP contribution is 2.53. The van der Waals surface area contributed by atoms with Crippen molar-refractivity contribution >= 4 is 11.7 Å². The summed E-state index contributed by atoms with van der Waals surface area (Å²) in [7, 11) is 0. The van der Waals surface area contributed by atoms with E-state index in [1.165, 1.54) is 0 Å². The van der Waals surface area contributed by atoms with Crippen LogP contribution < -0.4 is 15.5 Å². The van der Waals surface area contributed by atoms with E-state index in [4.69, 9.17) is 0 Å². The lowest BCUT2D eigenvalue weighted by Gasteiger charge is -2.57. The molecule has 1 saturated carbocycles. The van der Waals surface area contributed by atoms with Gasteiger partial charge in [0.25, 0.3) is 5.91 Å². The van der Waals surface area contributed by atoms with Crippen molar-refractivity contribution in [3.05, 3.63) is 23.9 Å². The van der Waals surface area contributed by atoms with E-state index in [0.717, 1.165) is 38.4 Å². The number of aromatic nitrogens is 1. The molecule has 0 atom stereocenters. The molecule has 2 N–H and O–H groups in total. The molecule has 0 spiro atoms. The molecule has 1 aromatic heterocycles. The summed E-state index contributed by atoms with van der Waals surface area (Å²) in [6.45, 7) is 12.8. The zero-order valence-electron chi connectivity index (χ0n) is 14.6. The fourth-order valence-electron chi connectivity index (χ4n) is 4.51. The van der Waals surface area contributed by atoms with E-state index in [0.29, 0.717) is 5.56 Å². The molecular weight excluding hydrogens is 288 g/mol. The minimum Gasteiger partial charge on any atom is -0.354 e. The van der Waals surface area contributed by atoms with Crippen LogP contribution in [0, 0.1) is 10.8 Å². The van der Waals surface area contributed by atoms with E-state index >= 15 is 0 Å². The normalized spacial score (nSPS) is 23.2. The summed E-state index contributed by atoms with van der Waals surface area (Å²) in [6.07, 6.45) is 2.83. The fraction of sp³-hybridized carbons (Fsp3) is 0.667. The van der Waals surface area contributed by atoms with Gasteiger partial charge >= 0.3 is 0 Å².